The molecule has 6 N–H and O–H groups in total. The summed E-state index contributed by atoms with van der Waals surface area (Å²) in [4.78, 5) is 0. The summed E-state index contributed by atoms with van der Waals surface area (Å²) in [6.45, 7) is 0. The summed E-state index contributed by atoms with van der Waals surface area (Å²) in [5.74, 6) is -0.120. The highest BCUT2D eigenvalue weighted by Crippen LogP contribution is 1.78. The van der Waals surface area contributed by atoms with Crippen molar-refractivity contribution >= 4 is 11.9 Å². The number of hydrogen-bond donors (Lipinski definition) is 4. The Morgan fingerprint density at radius 3 is 1.38 bits per heavy atom. The second-order valence-corrected chi connectivity index (χ2v) is 2.67. The Hall–Kier alpha value is -2.64. The van der Waals surface area contributed by atoms with Crippen molar-refractivity contribution in [1.82, 2.24) is 19.6 Å². The van der Waals surface area contributed by atoms with Gasteiger partial charge in [-0.3, -0.25) is 10.8 Å². The van der Waals surface area contributed by atoms with Gasteiger partial charge in [-0.05, 0) is 12.1 Å². The monoisotopic (exact) mass is 220 g/mol. The van der Waals surface area contributed by atoms with Crippen LogP contribution in [-0.4, -0.2) is 31.5 Å². The van der Waals surface area contributed by atoms with Crippen LogP contribution in [0.3, 0.4) is 0 Å². The summed E-state index contributed by atoms with van der Waals surface area (Å²) in [5.41, 5.74) is 10.1. The van der Waals surface area contributed by atoms with E-state index in [1.165, 1.54) is 9.36 Å². The van der Waals surface area contributed by atoms with Crippen molar-refractivity contribution in [3.05, 3.63) is 36.9 Å². The minimum atomic E-state index is -0.0602. The molecule has 0 radical (unpaired) electrons. The lowest BCUT2D eigenvalue weighted by atomic mass is 10.7. The van der Waals surface area contributed by atoms with Crippen LogP contribution in [0.25, 0.3) is 0 Å². The van der Waals surface area contributed by atoms with Gasteiger partial charge in [-0.2, -0.15) is 10.2 Å². The quantitative estimate of drug-likeness (QED) is 0.343. The number of nitrogens with zero attached hydrogens (tertiary/aromatic N) is 4. The maximum atomic E-state index is 6.83. The first-order valence-electron chi connectivity index (χ1n) is 4.29. The zero-order valence-electron chi connectivity index (χ0n) is 8.41. The van der Waals surface area contributed by atoms with Gasteiger partial charge in [0.2, 0.25) is 11.9 Å². The molecule has 8 heteroatoms. The summed E-state index contributed by atoms with van der Waals surface area (Å²) in [6.07, 6.45) is 6.37. The van der Waals surface area contributed by atoms with Crippen LogP contribution >= 0.6 is 0 Å². The molecule has 0 aliphatic carbocycles. The molecule has 0 aromatic carbocycles. The molecular weight excluding hydrogens is 208 g/mol. The van der Waals surface area contributed by atoms with Gasteiger partial charge >= 0.3 is 0 Å². The standard InChI is InChI=1S/2C4H6N4/c2*5-4(6)8-3-1-2-7-8/h2*1-3H,(H3,5,6). The number of nitrogens with two attached hydrogens (primary N) is 2. The Bertz CT molecular complexity index is 396. The van der Waals surface area contributed by atoms with E-state index in [0.717, 1.165) is 0 Å². The van der Waals surface area contributed by atoms with Crippen LogP contribution in [-0.2, 0) is 0 Å². The van der Waals surface area contributed by atoms with E-state index < -0.39 is 0 Å². The molecule has 0 bridgehead atoms. The number of nitrogens with one attached hydrogen (secondary N) is 2. The number of rotatable bonds is 0. The fourth-order valence-electron chi connectivity index (χ4n) is 0.823. The van der Waals surface area contributed by atoms with Gasteiger partial charge < -0.3 is 11.5 Å². The molecule has 0 aliphatic heterocycles. The van der Waals surface area contributed by atoms with E-state index in [1.807, 2.05) is 0 Å². The van der Waals surface area contributed by atoms with Crippen molar-refractivity contribution in [2.75, 3.05) is 0 Å². The number of aromatic nitrogens is 4. The maximum absolute atomic E-state index is 6.83. The minimum Gasteiger partial charge on any atom is -0.368 e. The van der Waals surface area contributed by atoms with Crippen molar-refractivity contribution in [3.63, 3.8) is 0 Å². The third kappa shape index (κ3) is 3.25. The maximum Gasteiger partial charge on any atom is 0.213 e. The van der Waals surface area contributed by atoms with Crippen LogP contribution in [0.15, 0.2) is 36.9 Å². The molecule has 2 heterocycles. The average molecular weight is 220 g/mol. The molecule has 0 aliphatic rings. The second-order valence-electron chi connectivity index (χ2n) is 2.67. The van der Waals surface area contributed by atoms with Gasteiger partial charge in [-0.25, -0.2) is 9.36 Å². The van der Waals surface area contributed by atoms with Crippen LogP contribution in [0.4, 0.5) is 0 Å². The Balaban J connectivity index is 0.000000160. The van der Waals surface area contributed by atoms with Crippen LogP contribution < -0.4 is 11.5 Å². The van der Waals surface area contributed by atoms with E-state index in [4.69, 9.17) is 22.3 Å². The summed E-state index contributed by atoms with van der Waals surface area (Å²) < 4.78 is 2.56. The molecule has 0 saturated carbocycles. The molecule has 2 rings (SSSR count). The first-order chi connectivity index (χ1) is 7.61. The highest BCUT2D eigenvalue weighted by molar-refractivity contribution is 5.76. The van der Waals surface area contributed by atoms with E-state index in [0.29, 0.717) is 0 Å². The molecule has 0 saturated heterocycles. The highest BCUT2D eigenvalue weighted by Gasteiger charge is 1.87. The molecule has 16 heavy (non-hydrogen) atoms. The van der Waals surface area contributed by atoms with Crippen molar-refractivity contribution < 1.29 is 0 Å². The average Bonchev–Trinajstić information content (AvgIpc) is 2.93. The molecule has 2 aromatic heterocycles. The van der Waals surface area contributed by atoms with Crippen molar-refractivity contribution in [1.29, 1.82) is 10.8 Å². The highest BCUT2D eigenvalue weighted by atomic mass is 15.3. The minimum absolute atomic E-state index is 0.0602. The predicted molar refractivity (Wildman–Crippen MR) is 59.1 cm³/mol. The smallest absolute Gasteiger partial charge is 0.213 e. The molecule has 84 valence electrons. The third-order valence-corrected chi connectivity index (χ3v) is 1.50. The van der Waals surface area contributed by atoms with Crippen LogP contribution in [0.1, 0.15) is 0 Å². The Kier molecular flexibility index (Phi) is 3.78. The van der Waals surface area contributed by atoms with Gasteiger partial charge in [0, 0.05) is 24.8 Å². The number of hydrogen-bond acceptors (Lipinski definition) is 4. The van der Waals surface area contributed by atoms with Gasteiger partial charge in [0.1, 0.15) is 0 Å². The molecule has 0 spiro atoms. The summed E-state index contributed by atoms with van der Waals surface area (Å²) in [7, 11) is 0. The van der Waals surface area contributed by atoms with E-state index in [2.05, 4.69) is 10.2 Å². The van der Waals surface area contributed by atoms with E-state index in [9.17, 15) is 0 Å². The zero-order chi connectivity index (χ0) is 12.0. The zero-order valence-corrected chi connectivity index (χ0v) is 8.41. The Labute approximate surface area is 91.5 Å². The van der Waals surface area contributed by atoms with Gasteiger partial charge in [0.05, 0.1) is 0 Å². The van der Waals surface area contributed by atoms with Gasteiger partial charge in [0.15, 0.2) is 0 Å². The first kappa shape index (κ1) is 11.4. The van der Waals surface area contributed by atoms with Crippen molar-refractivity contribution in [3.8, 4) is 0 Å². The lowest BCUT2D eigenvalue weighted by Gasteiger charge is -1.91. The molecule has 2 aromatic rings. The van der Waals surface area contributed by atoms with Crippen molar-refractivity contribution in [2.45, 2.75) is 0 Å². The summed E-state index contributed by atoms with van der Waals surface area (Å²) in [6, 6.07) is 3.42. The van der Waals surface area contributed by atoms with Crippen LogP contribution in [0, 0.1) is 10.8 Å². The van der Waals surface area contributed by atoms with Gasteiger partial charge in [-0.15, -0.1) is 0 Å². The van der Waals surface area contributed by atoms with Crippen molar-refractivity contribution in [2.24, 2.45) is 11.5 Å². The van der Waals surface area contributed by atoms with E-state index in [-0.39, 0.29) is 11.9 Å². The molecule has 0 fully saturated rings. The van der Waals surface area contributed by atoms with Crippen LogP contribution in [0.5, 0.6) is 0 Å². The Morgan fingerprint density at radius 1 is 0.875 bits per heavy atom. The SMILES string of the molecule is N=C(N)n1cccn1.N=C(N)n1cccn1. The van der Waals surface area contributed by atoms with E-state index >= 15 is 0 Å². The summed E-state index contributed by atoms with van der Waals surface area (Å²) in [5, 5.41) is 21.0. The Morgan fingerprint density at radius 2 is 1.25 bits per heavy atom. The fourth-order valence-corrected chi connectivity index (χ4v) is 0.823. The first-order valence-corrected chi connectivity index (χ1v) is 4.29. The van der Waals surface area contributed by atoms with Crippen LogP contribution in [0.2, 0.25) is 0 Å². The lowest BCUT2D eigenvalue weighted by Crippen LogP contribution is -2.20. The molecule has 0 amide bonds. The topological polar surface area (TPSA) is 135 Å². The normalized spacial score (nSPS) is 9.00. The third-order valence-electron chi connectivity index (χ3n) is 1.50. The number of nitrogen functional groups attached to an aromatic ring is 2. The lowest BCUT2D eigenvalue weighted by molar-refractivity contribution is 0.911. The fraction of sp³-hybridized carbons (Fsp3) is 0. The van der Waals surface area contributed by atoms with E-state index in [1.54, 1.807) is 36.9 Å². The molecule has 0 unspecified atom stereocenters. The predicted octanol–water partition coefficient (Wildman–Crippen LogP) is -0.751. The largest absolute Gasteiger partial charge is 0.368 e. The second kappa shape index (κ2) is 5.29. The van der Waals surface area contributed by atoms with Gasteiger partial charge in [-0.1, -0.05) is 0 Å². The summed E-state index contributed by atoms with van der Waals surface area (Å²) >= 11 is 0. The van der Waals surface area contributed by atoms with Gasteiger partial charge in [0.25, 0.3) is 0 Å². The molecular formula is C8H12N8. The molecule has 0 atom stereocenters. The molecule has 8 nitrogen and oxygen atoms in total.